The molecule has 0 radical (unpaired) electrons. The first-order chi connectivity index (χ1) is 10.4. The van der Waals surface area contributed by atoms with Crippen molar-refractivity contribution in [3.8, 4) is 0 Å². The molecule has 22 heavy (non-hydrogen) atoms. The van der Waals surface area contributed by atoms with Crippen molar-refractivity contribution in [3.05, 3.63) is 42.2 Å². The number of ether oxygens (including phenoxy) is 3. The first-order valence-corrected chi connectivity index (χ1v) is 7.70. The molecule has 2 fully saturated rings. The predicted molar refractivity (Wildman–Crippen MR) is 86.1 cm³/mol. The third-order valence-corrected chi connectivity index (χ3v) is 4.23. The molecule has 0 spiro atoms. The second-order valence-corrected chi connectivity index (χ2v) is 6.32. The molecule has 0 bridgehead atoms. The summed E-state index contributed by atoms with van der Waals surface area (Å²) in [5, 5.41) is 0. The van der Waals surface area contributed by atoms with Gasteiger partial charge in [-0.05, 0) is 38.5 Å². The van der Waals surface area contributed by atoms with Crippen LogP contribution in [0, 0.1) is 0 Å². The Balaban J connectivity index is 1.84. The van der Waals surface area contributed by atoms with E-state index in [0.717, 1.165) is 23.4 Å². The van der Waals surface area contributed by atoms with Crippen molar-refractivity contribution in [2.24, 2.45) is 0 Å². The zero-order valence-electron chi connectivity index (χ0n) is 13.4. The number of hydrogen-bond acceptors (Lipinski definition) is 4. The highest BCUT2D eigenvalue weighted by Gasteiger charge is 2.49. The molecule has 2 aliphatic heterocycles. The molecule has 118 valence electrons. The highest BCUT2D eigenvalue weighted by molar-refractivity contribution is 5.60. The van der Waals surface area contributed by atoms with E-state index in [4.69, 9.17) is 14.2 Å². The Bertz CT molecular complexity index is 596. The van der Waals surface area contributed by atoms with Gasteiger partial charge in [-0.2, -0.15) is 0 Å². The molecule has 1 aromatic rings. The molecule has 0 aromatic carbocycles. The van der Waals surface area contributed by atoms with E-state index in [1.165, 1.54) is 0 Å². The third-order valence-electron chi connectivity index (χ3n) is 4.23. The summed E-state index contributed by atoms with van der Waals surface area (Å²) in [6.45, 7) is 13.5. The molecular formula is C18H23NO3. The van der Waals surface area contributed by atoms with Crippen LogP contribution in [0.4, 0.5) is 0 Å². The standard InChI is InChI=1S/C18H23NO3/c1-6-12-8-9-14(19-13(12)7-2)15-10-16-17(11(3)20-15)22-18(4,5)21-16/h6-9,11,15-17H,1-2,10H2,3-5H3. The van der Waals surface area contributed by atoms with Crippen LogP contribution in [0.1, 0.15) is 50.2 Å². The Morgan fingerprint density at radius 2 is 2.00 bits per heavy atom. The molecule has 2 saturated heterocycles. The lowest BCUT2D eigenvalue weighted by atomic mass is 9.96. The molecule has 2 aliphatic rings. The Kier molecular flexibility index (Phi) is 3.93. The van der Waals surface area contributed by atoms with Crippen LogP contribution < -0.4 is 0 Å². The highest BCUT2D eigenvalue weighted by atomic mass is 16.8. The second-order valence-electron chi connectivity index (χ2n) is 6.32. The van der Waals surface area contributed by atoms with Crippen LogP contribution in [0.2, 0.25) is 0 Å². The van der Waals surface area contributed by atoms with E-state index in [1.807, 2.05) is 32.9 Å². The molecule has 0 amide bonds. The smallest absolute Gasteiger partial charge is 0.163 e. The molecule has 4 heteroatoms. The molecule has 0 saturated carbocycles. The highest BCUT2D eigenvalue weighted by Crippen LogP contribution is 2.41. The fourth-order valence-electron chi connectivity index (χ4n) is 3.25. The maximum absolute atomic E-state index is 6.12. The number of pyridine rings is 1. The number of fused-ring (bicyclic) bond motifs is 1. The Morgan fingerprint density at radius 3 is 2.68 bits per heavy atom. The minimum atomic E-state index is -0.547. The normalized spacial score (nSPS) is 33.2. The van der Waals surface area contributed by atoms with E-state index in [1.54, 1.807) is 12.2 Å². The molecule has 4 unspecified atom stereocenters. The molecule has 0 aliphatic carbocycles. The third kappa shape index (κ3) is 2.74. The Morgan fingerprint density at radius 1 is 1.23 bits per heavy atom. The van der Waals surface area contributed by atoms with Crippen LogP contribution >= 0.6 is 0 Å². The summed E-state index contributed by atoms with van der Waals surface area (Å²) < 4.78 is 18.1. The van der Waals surface area contributed by atoms with Crippen LogP contribution in [-0.2, 0) is 14.2 Å². The first-order valence-electron chi connectivity index (χ1n) is 7.70. The van der Waals surface area contributed by atoms with Gasteiger partial charge < -0.3 is 14.2 Å². The van der Waals surface area contributed by atoms with Crippen LogP contribution in [0.5, 0.6) is 0 Å². The summed E-state index contributed by atoms with van der Waals surface area (Å²) in [5.41, 5.74) is 2.70. The van der Waals surface area contributed by atoms with E-state index >= 15 is 0 Å². The minimum Gasteiger partial charge on any atom is -0.366 e. The SMILES string of the molecule is C=Cc1ccc(C2CC3OC(C)(C)OC3C(C)O2)nc1C=C. The monoisotopic (exact) mass is 301 g/mol. The molecule has 4 atom stereocenters. The van der Waals surface area contributed by atoms with Gasteiger partial charge in [0.15, 0.2) is 5.79 Å². The minimum absolute atomic E-state index is 0.0161. The molecule has 0 N–H and O–H groups in total. The van der Waals surface area contributed by atoms with Crippen LogP contribution in [0.3, 0.4) is 0 Å². The zero-order valence-corrected chi connectivity index (χ0v) is 13.4. The van der Waals surface area contributed by atoms with Crippen LogP contribution in [0.25, 0.3) is 12.2 Å². The maximum atomic E-state index is 6.12. The summed E-state index contributed by atoms with van der Waals surface area (Å²) in [4.78, 5) is 4.66. The lowest BCUT2D eigenvalue weighted by molar-refractivity contribution is -0.156. The molecule has 3 rings (SSSR count). The fourth-order valence-corrected chi connectivity index (χ4v) is 3.25. The van der Waals surface area contributed by atoms with Gasteiger partial charge in [0.2, 0.25) is 0 Å². The van der Waals surface area contributed by atoms with Crippen molar-refractivity contribution >= 4 is 12.2 Å². The summed E-state index contributed by atoms with van der Waals surface area (Å²) >= 11 is 0. The van der Waals surface area contributed by atoms with Gasteiger partial charge in [-0.25, -0.2) is 0 Å². The average Bonchev–Trinajstić information content (AvgIpc) is 2.81. The fraction of sp³-hybridized carbons (Fsp3) is 0.500. The van der Waals surface area contributed by atoms with Gasteiger partial charge in [0.1, 0.15) is 12.2 Å². The van der Waals surface area contributed by atoms with Crippen molar-refractivity contribution in [1.82, 2.24) is 4.98 Å². The molecule has 3 heterocycles. The van der Waals surface area contributed by atoms with Crippen molar-refractivity contribution in [3.63, 3.8) is 0 Å². The van der Waals surface area contributed by atoms with E-state index in [0.29, 0.717) is 0 Å². The average molecular weight is 301 g/mol. The van der Waals surface area contributed by atoms with Gasteiger partial charge in [0.25, 0.3) is 0 Å². The van der Waals surface area contributed by atoms with Gasteiger partial charge in [-0.1, -0.05) is 25.3 Å². The van der Waals surface area contributed by atoms with E-state index < -0.39 is 5.79 Å². The lowest BCUT2D eigenvalue weighted by Crippen LogP contribution is -2.42. The van der Waals surface area contributed by atoms with Crippen molar-refractivity contribution in [2.45, 2.75) is 57.4 Å². The van der Waals surface area contributed by atoms with Gasteiger partial charge in [0, 0.05) is 6.42 Å². The van der Waals surface area contributed by atoms with Gasteiger partial charge in [-0.15, -0.1) is 0 Å². The van der Waals surface area contributed by atoms with Crippen LogP contribution in [-0.4, -0.2) is 29.1 Å². The number of rotatable bonds is 3. The summed E-state index contributed by atoms with van der Waals surface area (Å²) in [7, 11) is 0. The number of aromatic nitrogens is 1. The largest absolute Gasteiger partial charge is 0.366 e. The first kappa shape index (κ1) is 15.4. The summed E-state index contributed by atoms with van der Waals surface area (Å²) in [6.07, 6.45) is 4.17. The summed E-state index contributed by atoms with van der Waals surface area (Å²) in [6, 6.07) is 3.99. The quantitative estimate of drug-likeness (QED) is 0.853. The number of hydrogen-bond donors (Lipinski definition) is 0. The van der Waals surface area contributed by atoms with Gasteiger partial charge in [0.05, 0.1) is 23.6 Å². The topological polar surface area (TPSA) is 40.6 Å². The maximum Gasteiger partial charge on any atom is 0.163 e. The van der Waals surface area contributed by atoms with E-state index in [9.17, 15) is 0 Å². The number of nitrogens with zero attached hydrogens (tertiary/aromatic N) is 1. The van der Waals surface area contributed by atoms with Crippen LogP contribution in [0.15, 0.2) is 25.3 Å². The summed E-state index contributed by atoms with van der Waals surface area (Å²) in [5.74, 6) is -0.547. The van der Waals surface area contributed by atoms with Crippen molar-refractivity contribution in [1.29, 1.82) is 0 Å². The van der Waals surface area contributed by atoms with Crippen molar-refractivity contribution < 1.29 is 14.2 Å². The zero-order chi connectivity index (χ0) is 15.9. The van der Waals surface area contributed by atoms with Gasteiger partial charge >= 0.3 is 0 Å². The lowest BCUT2D eigenvalue weighted by Gasteiger charge is -2.34. The second kappa shape index (κ2) is 5.61. The molecule has 1 aromatic heterocycles. The molecular weight excluding hydrogens is 278 g/mol. The predicted octanol–water partition coefficient (Wildman–Crippen LogP) is 3.74. The molecule has 4 nitrogen and oxygen atoms in total. The van der Waals surface area contributed by atoms with Crippen molar-refractivity contribution in [2.75, 3.05) is 0 Å². The Labute approximate surface area is 131 Å². The van der Waals surface area contributed by atoms with E-state index in [-0.39, 0.29) is 24.4 Å². The van der Waals surface area contributed by atoms with Gasteiger partial charge in [-0.3, -0.25) is 4.98 Å². The van der Waals surface area contributed by atoms with E-state index in [2.05, 4.69) is 18.1 Å². The Hall–Kier alpha value is -1.49.